The summed E-state index contributed by atoms with van der Waals surface area (Å²) in [5.74, 6) is 0.468. The van der Waals surface area contributed by atoms with Crippen LogP contribution in [0, 0.1) is 5.82 Å². The minimum Gasteiger partial charge on any atom is -0.329 e. The van der Waals surface area contributed by atoms with Gasteiger partial charge in [-0.05, 0) is 36.4 Å². The summed E-state index contributed by atoms with van der Waals surface area (Å²) in [7, 11) is 1.85. The Labute approximate surface area is 98.3 Å². The lowest BCUT2D eigenvalue weighted by Crippen LogP contribution is -2.10. The lowest BCUT2D eigenvalue weighted by atomic mass is 10.3. The molecule has 1 aromatic carbocycles. The van der Waals surface area contributed by atoms with Crippen molar-refractivity contribution in [2.24, 2.45) is 0 Å². The van der Waals surface area contributed by atoms with E-state index in [2.05, 4.69) is 4.98 Å². The van der Waals surface area contributed by atoms with E-state index >= 15 is 0 Å². The Morgan fingerprint density at radius 1 is 1.12 bits per heavy atom. The predicted octanol–water partition coefficient (Wildman–Crippen LogP) is 3.64. The largest absolute Gasteiger partial charge is 0.329 e. The summed E-state index contributed by atoms with van der Waals surface area (Å²) in [5.41, 5.74) is 0.858. The van der Waals surface area contributed by atoms with Gasteiger partial charge < -0.3 is 4.90 Å². The molecule has 2 nitrogen and oxygen atoms in total. The number of rotatable bonds is 2. The van der Waals surface area contributed by atoms with Crippen LogP contribution in [0.2, 0.25) is 5.15 Å². The first-order valence-electron chi connectivity index (χ1n) is 4.78. The molecule has 0 aliphatic rings. The number of benzene rings is 1. The molecule has 0 aliphatic carbocycles. The topological polar surface area (TPSA) is 16.1 Å². The standard InChI is InChI=1S/C12H10ClFN2/c1-16(10-7-5-9(14)6-8-10)12-4-2-3-11(13)15-12/h2-8H,1H3. The van der Waals surface area contributed by atoms with Crippen LogP contribution < -0.4 is 4.90 Å². The molecule has 0 spiro atoms. The summed E-state index contributed by atoms with van der Waals surface area (Å²) in [6.45, 7) is 0. The van der Waals surface area contributed by atoms with Crippen LogP contribution in [0.1, 0.15) is 0 Å². The second kappa shape index (κ2) is 4.49. The minimum absolute atomic E-state index is 0.254. The highest BCUT2D eigenvalue weighted by Gasteiger charge is 2.05. The first kappa shape index (κ1) is 10.9. The Morgan fingerprint density at radius 3 is 2.44 bits per heavy atom. The molecular weight excluding hydrogens is 227 g/mol. The molecule has 0 fully saturated rings. The fraction of sp³-hybridized carbons (Fsp3) is 0.0833. The van der Waals surface area contributed by atoms with Crippen molar-refractivity contribution in [3.8, 4) is 0 Å². The predicted molar refractivity (Wildman–Crippen MR) is 63.7 cm³/mol. The third-order valence-electron chi connectivity index (χ3n) is 2.26. The number of halogens is 2. The molecule has 1 heterocycles. The van der Waals surface area contributed by atoms with E-state index in [1.165, 1.54) is 12.1 Å². The number of hydrogen-bond donors (Lipinski definition) is 0. The molecule has 0 aliphatic heterocycles. The highest BCUT2D eigenvalue weighted by molar-refractivity contribution is 6.29. The Morgan fingerprint density at radius 2 is 1.81 bits per heavy atom. The Balaban J connectivity index is 2.31. The van der Waals surface area contributed by atoms with Gasteiger partial charge in [0.2, 0.25) is 0 Å². The maximum atomic E-state index is 12.8. The lowest BCUT2D eigenvalue weighted by Gasteiger charge is -2.18. The van der Waals surface area contributed by atoms with Gasteiger partial charge in [-0.1, -0.05) is 17.7 Å². The van der Waals surface area contributed by atoms with Gasteiger partial charge in [0.05, 0.1) is 0 Å². The van der Waals surface area contributed by atoms with Crippen LogP contribution in [0.25, 0.3) is 0 Å². The van der Waals surface area contributed by atoms with Crippen LogP contribution >= 0.6 is 11.6 Å². The molecule has 0 saturated carbocycles. The van der Waals surface area contributed by atoms with Crippen molar-refractivity contribution in [2.75, 3.05) is 11.9 Å². The molecule has 1 aromatic heterocycles. The maximum Gasteiger partial charge on any atom is 0.134 e. The smallest absolute Gasteiger partial charge is 0.134 e. The summed E-state index contributed by atoms with van der Waals surface area (Å²) in [5, 5.41) is 0.437. The van der Waals surface area contributed by atoms with E-state index in [0.717, 1.165) is 11.5 Å². The highest BCUT2D eigenvalue weighted by atomic mass is 35.5. The van der Waals surface area contributed by atoms with Crippen LogP contribution in [0.15, 0.2) is 42.5 Å². The van der Waals surface area contributed by atoms with Gasteiger partial charge in [0.25, 0.3) is 0 Å². The SMILES string of the molecule is CN(c1ccc(F)cc1)c1cccc(Cl)n1. The number of nitrogens with zero attached hydrogens (tertiary/aromatic N) is 2. The van der Waals surface area contributed by atoms with Gasteiger partial charge >= 0.3 is 0 Å². The van der Waals surface area contributed by atoms with Crippen LogP contribution in [0.5, 0.6) is 0 Å². The molecule has 0 bridgehead atoms. The van der Waals surface area contributed by atoms with E-state index in [0.29, 0.717) is 5.15 Å². The number of aromatic nitrogens is 1. The summed E-state index contributed by atoms with van der Waals surface area (Å²) in [4.78, 5) is 6.01. The van der Waals surface area contributed by atoms with Gasteiger partial charge in [-0.3, -0.25) is 0 Å². The van der Waals surface area contributed by atoms with Crippen molar-refractivity contribution in [3.63, 3.8) is 0 Å². The second-order valence-electron chi connectivity index (χ2n) is 3.35. The van der Waals surface area contributed by atoms with Crippen molar-refractivity contribution in [2.45, 2.75) is 0 Å². The lowest BCUT2D eigenvalue weighted by molar-refractivity contribution is 0.628. The third-order valence-corrected chi connectivity index (χ3v) is 2.47. The Bertz CT molecular complexity index is 485. The minimum atomic E-state index is -0.254. The zero-order chi connectivity index (χ0) is 11.5. The molecule has 2 aromatic rings. The first-order chi connectivity index (χ1) is 7.66. The summed E-state index contributed by atoms with van der Waals surface area (Å²) < 4.78 is 12.8. The second-order valence-corrected chi connectivity index (χ2v) is 3.74. The Hall–Kier alpha value is -1.61. The molecule has 0 amide bonds. The average molecular weight is 237 g/mol. The van der Waals surface area contributed by atoms with E-state index < -0.39 is 0 Å². The molecule has 2 rings (SSSR count). The van der Waals surface area contributed by atoms with Crippen LogP contribution in [0.3, 0.4) is 0 Å². The van der Waals surface area contributed by atoms with Crippen LogP contribution in [-0.4, -0.2) is 12.0 Å². The molecule has 0 atom stereocenters. The molecule has 4 heteroatoms. The number of anilines is 2. The van der Waals surface area contributed by atoms with E-state index in [-0.39, 0.29) is 5.82 Å². The number of hydrogen-bond acceptors (Lipinski definition) is 2. The number of pyridine rings is 1. The molecule has 0 unspecified atom stereocenters. The van der Waals surface area contributed by atoms with Gasteiger partial charge in [-0.25, -0.2) is 9.37 Å². The molecule has 0 saturated heterocycles. The van der Waals surface area contributed by atoms with Gasteiger partial charge in [0, 0.05) is 12.7 Å². The quantitative estimate of drug-likeness (QED) is 0.740. The molecule has 0 N–H and O–H groups in total. The average Bonchev–Trinajstić information content (AvgIpc) is 2.29. The van der Waals surface area contributed by atoms with Gasteiger partial charge in [-0.2, -0.15) is 0 Å². The van der Waals surface area contributed by atoms with Crippen LogP contribution in [0.4, 0.5) is 15.9 Å². The van der Waals surface area contributed by atoms with Crippen molar-refractivity contribution in [3.05, 3.63) is 53.4 Å². The van der Waals surface area contributed by atoms with E-state index in [1.807, 2.05) is 24.1 Å². The Kier molecular flexibility index (Phi) is 3.06. The molecule has 82 valence electrons. The maximum absolute atomic E-state index is 12.8. The normalized spacial score (nSPS) is 10.2. The zero-order valence-corrected chi connectivity index (χ0v) is 9.45. The van der Waals surface area contributed by atoms with Gasteiger partial charge in [-0.15, -0.1) is 0 Å². The molecule has 0 radical (unpaired) electrons. The molecular formula is C12H10ClFN2. The fourth-order valence-electron chi connectivity index (χ4n) is 1.38. The fourth-order valence-corrected chi connectivity index (χ4v) is 1.54. The highest BCUT2D eigenvalue weighted by Crippen LogP contribution is 2.22. The summed E-state index contributed by atoms with van der Waals surface area (Å²) >= 11 is 5.80. The van der Waals surface area contributed by atoms with Gasteiger partial charge in [0.1, 0.15) is 16.8 Å². The van der Waals surface area contributed by atoms with Gasteiger partial charge in [0.15, 0.2) is 0 Å². The van der Waals surface area contributed by atoms with Crippen molar-refractivity contribution in [1.82, 2.24) is 4.98 Å². The third kappa shape index (κ3) is 2.31. The molecule has 16 heavy (non-hydrogen) atoms. The summed E-state index contributed by atoms with van der Waals surface area (Å²) in [6, 6.07) is 11.6. The summed E-state index contributed by atoms with van der Waals surface area (Å²) in [6.07, 6.45) is 0. The van der Waals surface area contributed by atoms with E-state index in [4.69, 9.17) is 11.6 Å². The van der Waals surface area contributed by atoms with Crippen molar-refractivity contribution in [1.29, 1.82) is 0 Å². The van der Waals surface area contributed by atoms with E-state index in [9.17, 15) is 4.39 Å². The zero-order valence-electron chi connectivity index (χ0n) is 8.69. The monoisotopic (exact) mass is 236 g/mol. The van der Waals surface area contributed by atoms with E-state index in [1.54, 1.807) is 18.2 Å². The van der Waals surface area contributed by atoms with Crippen molar-refractivity contribution >= 4 is 23.1 Å². The van der Waals surface area contributed by atoms with Crippen LogP contribution in [-0.2, 0) is 0 Å². The van der Waals surface area contributed by atoms with Crippen molar-refractivity contribution < 1.29 is 4.39 Å². The first-order valence-corrected chi connectivity index (χ1v) is 5.16.